The van der Waals surface area contributed by atoms with Gasteiger partial charge in [-0.25, -0.2) is 0 Å². The molecule has 1 saturated heterocycles. The molecule has 0 aliphatic carbocycles. The molecular formula is C15H29NO2. The predicted octanol–water partition coefficient (Wildman–Crippen LogP) is 3.53. The fourth-order valence-electron chi connectivity index (χ4n) is 3.16. The molecule has 1 fully saturated rings. The number of hydrogen-bond acceptors (Lipinski definition) is 2. The summed E-state index contributed by atoms with van der Waals surface area (Å²) >= 11 is 0. The van der Waals surface area contributed by atoms with Crippen LogP contribution in [0, 0.1) is 5.41 Å². The molecule has 0 aromatic carbocycles. The van der Waals surface area contributed by atoms with Crippen LogP contribution in [-0.4, -0.2) is 35.1 Å². The Kier molecular flexibility index (Phi) is 6.13. The van der Waals surface area contributed by atoms with Gasteiger partial charge in [-0.2, -0.15) is 0 Å². The first-order valence-electron chi connectivity index (χ1n) is 7.57. The van der Waals surface area contributed by atoms with Gasteiger partial charge in [-0.05, 0) is 38.6 Å². The molecule has 1 aliphatic heterocycles. The lowest BCUT2D eigenvalue weighted by atomic mass is 9.80. The van der Waals surface area contributed by atoms with Gasteiger partial charge in [0, 0.05) is 12.6 Å². The third kappa shape index (κ3) is 3.47. The van der Waals surface area contributed by atoms with Gasteiger partial charge in [-0.1, -0.05) is 33.6 Å². The fourth-order valence-corrected chi connectivity index (χ4v) is 3.16. The highest BCUT2D eigenvalue weighted by molar-refractivity contribution is 5.74. The Hall–Kier alpha value is -0.570. The van der Waals surface area contributed by atoms with Gasteiger partial charge in [0.05, 0.1) is 5.41 Å². The molecule has 1 aliphatic rings. The van der Waals surface area contributed by atoms with E-state index < -0.39 is 11.4 Å². The molecule has 0 bridgehead atoms. The van der Waals surface area contributed by atoms with Crippen LogP contribution >= 0.6 is 0 Å². The Balaban J connectivity index is 2.74. The lowest BCUT2D eigenvalue weighted by molar-refractivity contribution is -0.151. The normalized spacial score (nSPS) is 22.1. The zero-order valence-electron chi connectivity index (χ0n) is 12.2. The zero-order valence-corrected chi connectivity index (χ0v) is 12.2. The largest absolute Gasteiger partial charge is 0.481 e. The quantitative estimate of drug-likeness (QED) is 0.756. The number of piperidine rings is 1. The lowest BCUT2D eigenvalue weighted by Gasteiger charge is -2.41. The van der Waals surface area contributed by atoms with Crippen LogP contribution in [-0.2, 0) is 4.79 Å². The average Bonchev–Trinajstić information content (AvgIpc) is 2.38. The van der Waals surface area contributed by atoms with Gasteiger partial charge in [-0.15, -0.1) is 0 Å². The molecule has 0 amide bonds. The van der Waals surface area contributed by atoms with Crippen molar-refractivity contribution in [2.45, 2.75) is 71.8 Å². The summed E-state index contributed by atoms with van der Waals surface area (Å²) in [5, 5.41) is 9.54. The minimum absolute atomic E-state index is 0.538. The maximum atomic E-state index is 11.6. The molecule has 0 spiro atoms. The van der Waals surface area contributed by atoms with Crippen molar-refractivity contribution in [1.29, 1.82) is 0 Å². The molecule has 1 rings (SSSR count). The van der Waals surface area contributed by atoms with E-state index in [4.69, 9.17) is 0 Å². The maximum Gasteiger partial charge on any atom is 0.310 e. The fraction of sp³-hybridized carbons (Fsp3) is 0.933. The highest BCUT2D eigenvalue weighted by Gasteiger charge is 2.38. The Morgan fingerprint density at radius 1 is 1.28 bits per heavy atom. The summed E-state index contributed by atoms with van der Waals surface area (Å²) in [7, 11) is 0. The SMILES string of the molecule is CCCC1CCCCN1CC(CC)(CC)C(=O)O. The van der Waals surface area contributed by atoms with Gasteiger partial charge in [0.25, 0.3) is 0 Å². The number of hydrogen-bond donors (Lipinski definition) is 1. The first-order chi connectivity index (χ1) is 8.59. The molecule has 0 aromatic rings. The van der Waals surface area contributed by atoms with Crippen molar-refractivity contribution in [3.63, 3.8) is 0 Å². The average molecular weight is 255 g/mol. The van der Waals surface area contributed by atoms with Crippen molar-refractivity contribution in [2.75, 3.05) is 13.1 Å². The number of rotatable bonds is 7. The molecule has 0 aromatic heterocycles. The minimum Gasteiger partial charge on any atom is -0.481 e. The van der Waals surface area contributed by atoms with Crippen molar-refractivity contribution in [1.82, 2.24) is 4.90 Å². The van der Waals surface area contributed by atoms with Crippen LogP contribution < -0.4 is 0 Å². The van der Waals surface area contributed by atoms with Crippen molar-refractivity contribution >= 4 is 5.97 Å². The maximum absolute atomic E-state index is 11.6. The van der Waals surface area contributed by atoms with Gasteiger partial charge >= 0.3 is 5.97 Å². The number of carboxylic acid groups (broad SMARTS) is 1. The smallest absolute Gasteiger partial charge is 0.310 e. The van der Waals surface area contributed by atoms with E-state index in [1.807, 2.05) is 13.8 Å². The predicted molar refractivity (Wildman–Crippen MR) is 74.8 cm³/mol. The summed E-state index contributed by atoms with van der Waals surface area (Å²) in [6, 6.07) is 0.612. The van der Waals surface area contributed by atoms with E-state index in [0.29, 0.717) is 6.04 Å². The molecule has 3 nitrogen and oxygen atoms in total. The summed E-state index contributed by atoms with van der Waals surface area (Å²) in [5.41, 5.74) is -0.538. The van der Waals surface area contributed by atoms with Crippen molar-refractivity contribution < 1.29 is 9.90 Å². The Morgan fingerprint density at radius 3 is 2.44 bits per heavy atom. The molecule has 106 valence electrons. The summed E-state index contributed by atoms with van der Waals surface area (Å²) in [6.45, 7) is 8.06. The number of nitrogens with zero attached hydrogens (tertiary/aromatic N) is 1. The van der Waals surface area contributed by atoms with Crippen LogP contribution in [0.15, 0.2) is 0 Å². The van der Waals surface area contributed by atoms with Crippen LogP contribution in [0.25, 0.3) is 0 Å². The van der Waals surface area contributed by atoms with Crippen LogP contribution in [0.5, 0.6) is 0 Å². The monoisotopic (exact) mass is 255 g/mol. The highest BCUT2D eigenvalue weighted by Crippen LogP contribution is 2.31. The molecular weight excluding hydrogens is 226 g/mol. The molecule has 0 saturated carbocycles. The van der Waals surface area contributed by atoms with Gasteiger partial charge < -0.3 is 5.11 Å². The second-order valence-electron chi connectivity index (χ2n) is 5.70. The molecule has 18 heavy (non-hydrogen) atoms. The van der Waals surface area contributed by atoms with E-state index in [1.165, 1.54) is 32.1 Å². The summed E-state index contributed by atoms with van der Waals surface area (Å²) in [6.07, 6.45) is 7.64. The first-order valence-corrected chi connectivity index (χ1v) is 7.57. The Morgan fingerprint density at radius 2 is 1.94 bits per heavy atom. The second kappa shape index (κ2) is 7.13. The van der Waals surface area contributed by atoms with Gasteiger partial charge in [-0.3, -0.25) is 9.69 Å². The van der Waals surface area contributed by atoms with E-state index in [2.05, 4.69) is 11.8 Å². The number of aliphatic carboxylic acids is 1. The highest BCUT2D eigenvalue weighted by atomic mass is 16.4. The first kappa shape index (κ1) is 15.5. The molecule has 1 unspecified atom stereocenters. The summed E-state index contributed by atoms with van der Waals surface area (Å²) < 4.78 is 0. The number of carbonyl (C=O) groups is 1. The summed E-state index contributed by atoms with van der Waals surface area (Å²) in [5.74, 6) is -0.617. The van der Waals surface area contributed by atoms with E-state index in [1.54, 1.807) is 0 Å². The lowest BCUT2D eigenvalue weighted by Crippen LogP contribution is -2.48. The van der Waals surface area contributed by atoms with Crippen molar-refractivity contribution in [3.05, 3.63) is 0 Å². The van der Waals surface area contributed by atoms with Gasteiger partial charge in [0.15, 0.2) is 0 Å². The van der Waals surface area contributed by atoms with Crippen LogP contribution in [0.3, 0.4) is 0 Å². The van der Waals surface area contributed by atoms with E-state index >= 15 is 0 Å². The zero-order chi connectivity index (χ0) is 13.6. The van der Waals surface area contributed by atoms with Gasteiger partial charge in [0.2, 0.25) is 0 Å². The van der Waals surface area contributed by atoms with E-state index in [0.717, 1.165) is 25.9 Å². The molecule has 3 heteroatoms. The number of carboxylic acids is 1. The number of likely N-dealkylation sites (tertiary alicyclic amines) is 1. The Labute approximate surface area is 112 Å². The van der Waals surface area contributed by atoms with Crippen molar-refractivity contribution in [3.8, 4) is 0 Å². The molecule has 1 N–H and O–H groups in total. The molecule has 1 heterocycles. The van der Waals surface area contributed by atoms with E-state index in [9.17, 15) is 9.90 Å². The Bertz CT molecular complexity index is 259. The molecule has 0 radical (unpaired) electrons. The van der Waals surface area contributed by atoms with E-state index in [-0.39, 0.29) is 0 Å². The minimum atomic E-state index is -0.617. The third-order valence-corrected chi connectivity index (χ3v) is 4.68. The summed E-state index contributed by atoms with van der Waals surface area (Å²) in [4.78, 5) is 14.0. The van der Waals surface area contributed by atoms with Crippen LogP contribution in [0.2, 0.25) is 0 Å². The van der Waals surface area contributed by atoms with Crippen molar-refractivity contribution in [2.24, 2.45) is 5.41 Å². The topological polar surface area (TPSA) is 40.5 Å². The molecule has 1 atom stereocenters. The van der Waals surface area contributed by atoms with Crippen LogP contribution in [0.1, 0.15) is 65.7 Å². The third-order valence-electron chi connectivity index (χ3n) is 4.68. The standard InChI is InChI=1S/C15H29NO2/c1-4-9-13-10-7-8-11-16(13)12-15(5-2,6-3)14(17)18/h13H,4-12H2,1-3H3,(H,17,18). The van der Waals surface area contributed by atoms with Crippen LogP contribution in [0.4, 0.5) is 0 Å². The van der Waals surface area contributed by atoms with Gasteiger partial charge in [0.1, 0.15) is 0 Å². The second-order valence-corrected chi connectivity index (χ2v) is 5.70.